The fourth-order valence-electron chi connectivity index (χ4n) is 1.56. The number of hydrogen-bond donors (Lipinski definition) is 2. The van der Waals surface area contributed by atoms with Gasteiger partial charge in [0.25, 0.3) is 0 Å². The van der Waals surface area contributed by atoms with Gasteiger partial charge in [0.05, 0.1) is 5.52 Å². The van der Waals surface area contributed by atoms with Gasteiger partial charge in [-0.25, -0.2) is 0 Å². The summed E-state index contributed by atoms with van der Waals surface area (Å²) >= 11 is 0. The van der Waals surface area contributed by atoms with Crippen molar-refractivity contribution in [2.45, 2.75) is 13.0 Å². The Labute approximate surface area is 82.5 Å². The summed E-state index contributed by atoms with van der Waals surface area (Å²) in [5.74, 6) is 0.595. The molecule has 0 unspecified atom stereocenters. The van der Waals surface area contributed by atoms with Crippen LogP contribution in [0.5, 0.6) is 0 Å². The first kappa shape index (κ1) is 9.02. The largest absolute Gasteiger partial charge is 0.382 e. The van der Waals surface area contributed by atoms with Crippen LogP contribution in [0.15, 0.2) is 24.3 Å². The second-order valence-electron chi connectivity index (χ2n) is 3.27. The van der Waals surface area contributed by atoms with Crippen LogP contribution in [0, 0.1) is 0 Å². The van der Waals surface area contributed by atoms with Gasteiger partial charge in [-0.05, 0) is 25.1 Å². The van der Waals surface area contributed by atoms with Gasteiger partial charge in [-0.3, -0.25) is 4.68 Å². The monoisotopic (exact) mass is 190 g/mol. The first-order valence-electron chi connectivity index (χ1n) is 4.74. The molecule has 1 heterocycles. The van der Waals surface area contributed by atoms with Crippen molar-refractivity contribution in [2.75, 3.05) is 12.3 Å². The number of benzene rings is 1. The van der Waals surface area contributed by atoms with E-state index in [4.69, 9.17) is 11.5 Å². The molecular formula is C10H14N4. The Kier molecular flexibility index (Phi) is 2.37. The second-order valence-corrected chi connectivity index (χ2v) is 3.27. The molecule has 1 aromatic heterocycles. The molecule has 0 saturated heterocycles. The van der Waals surface area contributed by atoms with E-state index < -0.39 is 0 Å². The van der Waals surface area contributed by atoms with E-state index in [2.05, 4.69) is 5.10 Å². The van der Waals surface area contributed by atoms with Crippen molar-refractivity contribution in [1.82, 2.24) is 9.78 Å². The lowest BCUT2D eigenvalue weighted by Crippen LogP contribution is -2.07. The lowest BCUT2D eigenvalue weighted by Gasteiger charge is -2.00. The van der Waals surface area contributed by atoms with Crippen molar-refractivity contribution in [3.8, 4) is 0 Å². The summed E-state index contributed by atoms with van der Waals surface area (Å²) in [4.78, 5) is 0. The van der Waals surface area contributed by atoms with Crippen LogP contribution in [0.1, 0.15) is 6.42 Å². The zero-order chi connectivity index (χ0) is 9.97. The zero-order valence-electron chi connectivity index (χ0n) is 7.98. The van der Waals surface area contributed by atoms with Crippen LogP contribution in [-0.2, 0) is 6.54 Å². The van der Waals surface area contributed by atoms with Gasteiger partial charge in [0.2, 0.25) is 0 Å². The summed E-state index contributed by atoms with van der Waals surface area (Å²) in [6.45, 7) is 1.50. The minimum Gasteiger partial charge on any atom is -0.382 e. The maximum absolute atomic E-state index is 5.79. The van der Waals surface area contributed by atoms with E-state index in [1.165, 1.54) is 0 Å². The fourth-order valence-corrected chi connectivity index (χ4v) is 1.56. The van der Waals surface area contributed by atoms with Crippen LogP contribution in [0.2, 0.25) is 0 Å². The average molecular weight is 190 g/mol. The predicted molar refractivity (Wildman–Crippen MR) is 57.8 cm³/mol. The number of hydrogen-bond acceptors (Lipinski definition) is 3. The molecule has 0 spiro atoms. The Bertz CT molecular complexity index is 433. The highest BCUT2D eigenvalue weighted by atomic mass is 15.3. The molecule has 4 nitrogen and oxygen atoms in total. The number of aryl methyl sites for hydroxylation is 1. The Morgan fingerprint density at radius 3 is 2.86 bits per heavy atom. The summed E-state index contributed by atoms with van der Waals surface area (Å²) in [6, 6.07) is 7.96. The lowest BCUT2D eigenvalue weighted by atomic mass is 10.2. The molecule has 14 heavy (non-hydrogen) atoms. The van der Waals surface area contributed by atoms with Crippen molar-refractivity contribution in [1.29, 1.82) is 0 Å². The number of anilines is 1. The van der Waals surface area contributed by atoms with Crippen LogP contribution in [0.25, 0.3) is 10.9 Å². The first-order valence-corrected chi connectivity index (χ1v) is 4.74. The van der Waals surface area contributed by atoms with E-state index in [0.717, 1.165) is 23.9 Å². The number of rotatable bonds is 3. The van der Waals surface area contributed by atoms with Crippen LogP contribution in [-0.4, -0.2) is 16.3 Å². The van der Waals surface area contributed by atoms with Crippen molar-refractivity contribution in [3.05, 3.63) is 24.3 Å². The molecule has 0 bridgehead atoms. The van der Waals surface area contributed by atoms with Crippen molar-refractivity contribution in [3.63, 3.8) is 0 Å². The molecule has 0 aliphatic heterocycles. The smallest absolute Gasteiger partial charge is 0.153 e. The second kappa shape index (κ2) is 3.67. The zero-order valence-corrected chi connectivity index (χ0v) is 7.98. The summed E-state index contributed by atoms with van der Waals surface area (Å²) in [5.41, 5.74) is 12.3. The number of nitrogens with zero attached hydrogens (tertiary/aromatic N) is 2. The van der Waals surface area contributed by atoms with Crippen molar-refractivity contribution < 1.29 is 0 Å². The highest BCUT2D eigenvalue weighted by Gasteiger charge is 2.05. The molecule has 0 saturated carbocycles. The number of nitrogens with two attached hydrogens (primary N) is 2. The minimum atomic E-state index is 0.595. The molecule has 0 fully saturated rings. The summed E-state index contributed by atoms with van der Waals surface area (Å²) in [5, 5.41) is 5.28. The van der Waals surface area contributed by atoms with E-state index in [0.29, 0.717) is 12.4 Å². The summed E-state index contributed by atoms with van der Waals surface area (Å²) < 4.78 is 1.91. The predicted octanol–water partition coefficient (Wildman–Crippen LogP) is 0.967. The molecule has 0 radical (unpaired) electrons. The van der Waals surface area contributed by atoms with Gasteiger partial charge in [-0.2, -0.15) is 5.10 Å². The molecule has 0 aliphatic carbocycles. The summed E-state index contributed by atoms with van der Waals surface area (Å²) in [6.07, 6.45) is 0.922. The highest BCUT2D eigenvalue weighted by Crippen LogP contribution is 2.19. The average Bonchev–Trinajstić information content (AvgIpc) is 2.54. The third-order valence-electron chi connectivity index (χ3n) is 2.26. The molecule has 2 rings (SSSR count). The minimum absolute atomic E-state index is 0.595. The molecule has 4 heteroatoms. The Morgan fingerprint density at radius 2 is 2.07 bits per heavy atom. The number of nitrogen functional groups attached to an aromatic ring is 1. The highest BCUT2D eigenvalue weighted by molar-refractivity contribution is 5.88. The third kappa shape index (κ3) is 1.44. The number of fused-ring (bicyclic) bond motifs is 1. The van der Waals surface area contributed by atoms with E-state index in [9.17, 15) is 0 Å². The molecule has 74 valence electrons. The lowest BCUT2D eigenvalue weighted by molar-refractivity contribution is 0.605. The molecule has 2 aromatic rings. The fraction of sp³-hybridized carbons (Fsp3) is 0.300. The van der Waals surface area contributed by atoms with Gasteiger partial charge < -0.3 is 11.5 Å². The molecule has 4 N–H and O–H groups in total. The van der Waals surface area contributed by atoms with E-state index in [-0.39, 0.29) is 0 Å². The van der Waals surface area contributed by atoms with Crippen LogP contribution < -0.4 is 11.5 Å². The molecule has 1 aromatic carbocycles. The van der Waals surface area contributed by atoms with E-state index in [1.807, 2.05) is 28.9 Å². The number of aromatic nitrogens is 2. The molecular weight excluding hydrogens is 176 g/mol. The number of para-hydroxylation sites is 1. The molecule has 0 atom stereocenters. The van der Waals surface area contributed by atoms with Crippen LogP contribution in [0.3, 0.4) is 0 Å². The summed E-state index contributed by atoms with van der Waals surface area (Å²) in [7, 11) is 0. The van der Waals surface area contributed by atoms with Gasteiger partial charge in [0.15, 0.2) is 5.82 Å². The topological polar surface area (TPSA) is 69.9 Å². The molecule has 0 amide bonds. The van der Waals surface area contributed by atoms with Crippen molar-refractivity contribution in [2.24, 2.45) is 5.73 Å². The maximum atomic E-state index is 5.79. The van der Waals surface area contributed by atoms with Gasteiger partial charge in [0, 0.05) is 11.9 Å². The van der Waals surface area contributed by atoms with Gasteiger partial charge in [-0.15, -0.1) is 0 Å². The van der Waals surface area contributed by atoms with Gasteiger partial charge >= 0.3 is 0 Å². The Morgan fingerprint density at radius 1 is 1.29 bits per heavy atom. The molecule has 0 aliphatic rings. The SMILES string of the molecule is NCCCn1nc(N)c2ccccc21. The van der Waals surface area contributed by atoms with Crippen molar-refractivity contribution >= 4 is 16.7 Å². The van der Waals surface area contributed by atoms with Gasteiger partial charge in [-0.1, -0.05) is 12.1 Å². The Balaban J connectivity index is 2.44. The standard InChI is InChI=1S/C10H14N4/c11-6-3-7-14-9-5-2-1-4-8(9)10(12)13-14/h1-2,4-5H,3,6-7,11H2,(H2,12,13). The van der Waals surface area contributed by atoms with E-state index in [1.54, 1.807) is 0 Å². The van der Waals surface area contributed by atoms with Crippen LogP contribution >= 0.6 is 0 Å². The third-order valence-corrected chi connectivity index (χ3v) is 2.26. The maximum Gasteiger partial charge on any atom is 0.153 e. The normalized spacial score (nSPS) is 10.9. The van der Waals surface area contributed by atoms with Gasteiger partial charge in [0.1, 0.15) is 0 Å². The first-order chi connectivity index (χ1) is 6.83. The quantitative estimate of drug-likeness (QED) is 0.757. The van der Waals surface area contributed by atoms with E-state index >= 15 is 0 Å². The van der Waals surface area contributed by atoms with Crippen LogP contribution in [0.4, 0.5) is 5.82 Å². The Hall–Kier alpha value is -1.55.